The summed E-state index contributed by atoms with van der Waals surface area (Å²) in [4.78, 5) is 1.36. The second-order valence-electron chi connectivity index (χ2n) is 4.65. The molecule has 6 heteroatoms. The van der Waals surface area contributed by atoms with Crippen molar-refractivity contribution in [2.45, 2.75) is 22.3 Å². The van der Waals surface area contributed by atoms with Gasteiger partial charge in [0.25, 0.3) is 0 Å². The third kappa shape index (κ3) is 3.72. The first kappa shape index (κ1) is 14.8. The Kier molecular flexibility index (Phi) is 4.89. The number of thioether (sulfide) groups is 1. The smallest absolute Gasteiger partial charge is 0.178 e. The van der Waals surface area contributed by atoms with E-state index in [9.17, 15) is 13.5 Å². The predicted octanol–water partition coefficient (Wildman–Crippen LogP) is 1.58. The lowest BCUT2D eigenvalue weighted by Gasteiger charge is -2.27. The van der Waals surface area contributed by atoms with Crippen LogP contribution in [0.4, 0.5) is 0 Å². The van der Waals surface area contributed by atoms with E-state index in [1.807, 2.05) is 6.26 Å². The van der Waals surface area contributed by atoms with Gasteiger partial charge in [-0.3, -0.25) is 0 Å². The molecule has 0 radical (unpaired) electrons. The lowest BCUT2D eigenvalue weighted by atomic mass is 10.00. The Morgan fingerprint density at radius 3 is 2.63 bits per heavy atom. The highest BCUT2D eigenvalue weighted by atomic mass is 32.2. The molecular formula is C13H18O4S2. The minimum Gasteiger partial charge on any atom is -0.390 e. The van der Waals surface area contributed by atoms with E-state index in [-0.39, 0.29) is 18.3 Å². The molecule has 0 bridgehead atoms. The summed E-state index contributed by atoms with van der Waals surface area (Å²) in [6, 6.07) is 6.87. The molecule has 1 aliphatic heterocycles. The van der Waals surface area contributed by atoms with E-state index in [4.69, 9.17) is 4.74 Å². The molecule has 1 aromatic carbocycles. The van der Waals surface area contributed by atoms with Crippen molar-refractivity contribution in [1.82, 2.24) is 0 Å². The third-order valence-corrected chi connectivity index (χ3v) is 5.92. The number of rotatable bonds is 4. The zero-order valence-electron chi connectivity index (χ0n) is 10.8. The quantitative estimate of drug-likeness (QED) is 0.856. The highest BCUT2D eigenvalue weighted by molar-refractivity contribution is 7.98. The van der Waals surface area contributed by atoms with E-state index in [2.05, 4.69) is 0 Å². The zero-order valence-corrected chi connectivity index (χ0v) is 12.4. The van der Waals surface area contributed by atoms with Gasteiger partial charge >= 0.3 is 0 Å². The highest BCUT2D eigenvalue weighted by Gasteiger charge is 2.29. The molecule has 0 amide bonds. The van der Waals surface area contributed by atoms with E-state index in [1.54, 1.807) is 36.0 Å². The Hall–Kier alpha value is -0.560. The van der Waals surface area contributed by atoms with E-state index >= 15 is 0 Å². The monoisotopic (exact) mass is 302 g/mol. The van der Waals surface area contributed by atoms with Gasteiger partial charge in [0, 0.05) is 17.4 Å². The van der Waals surface area contributed by atoms with Crippen LogP contribution in [0.25, 0.3) is 0 Å². The average molecular weight is 302 g/mol. The van der Waals surface area contributed by atoms with Gasteiger partial charge < -0.3 is 9.84 Å². The maximum atomic E-state index is 12.3. The zero-order chi connectivity index (χ0) is 13.9. The van der Waals surface area contributed by atoms with Crippen molar-refractivity contribution in [3.63, 3.8) is 0 Å². The molecule has 0 aliphatic carbocycles. The van der Waals surface area contributed by atoms with Gasteiger partial charge in [0.1, 0.15) is 0 Å². The number of aliphatic hydroxyl groups is 1. The molecule has 2 atom stereocenters. The number of hydrogen-bond acceptors (Lipinski definition) is 5. The maximum absolute atomic E-state index is 12.3. The van der Waals surface area contributed by atoms with E-state index in [1.165, 1.54) is 0 Å². The number of sulfone groups is 1. The molecule has 2 rings (SSSR count). The summed E-state index contributed by atoms with van der Waals surface area (Å²) in [6.45, 7) is 0.744. The lowest BCUT2D eigenvalue weighted by molar-refractivity contribution is -0.0370. The van der Waals surface area contributed by atoms with Crippen LogP contribution in [0.1, 0.15) is 6.42 Å². The van der Waals surface area contributed by atoms with Crippen LogP contribution in [0.3, 0.4) is 0 Å². The highest BCUT2D eigenvalue weighted by Crippen LogP contribution is 2.23. The van der Waals surface area contributed by atoms with Crippen LogP contribution >= 0.6 is 11.8 Å². The summed E-state index contributed by atoms with van der Waals surface area (Å²) in [7, 11) is -3.34. The normalized spacial score (nSPS) is 24.3. The van der Waals surface area contributed by atoms with Gasteiger partial charge in [-0.25, -0.2) is 8.42 Å². The molecule has 1 heterocycles. The first-order valence-corrected chi connectivity index (χ1v) is 9.03. The molecular weight excluding hydrogens is 284 g/mol. The SMILES string of the molecule is CSc1ccc(S(=O)(=O)C[C@@H]2CCOCC2O)cc1. The number of benzene rings is 1. The van der Waals surface area contributed by atoms with E-state index in [0.29, 0.717) is 17.9 Å². The van der Waals surface area contributed by atoms with Crippen molar-refractivity contribution in [1.29, 1.82) is 0 Å². The molecule has 0 aromatic heterocycles. The molecule has 1 saturated heterocycles. The second-order valence-corrected chi connectivity index (χ2v) is 7.56. The summed E-state index contributed by atoms with van der Waals surface area (Å²) in [5, 5.41) is 9.77. The summed E-state index contributed by atoms with van der Waals surface area (Å²) in [5.74, 6) is -0.255. The topological polar surface area (TPSA) is 63.6 Å². The molecule has 1 unspecified atom stereocenters. The Bertz CT molecular complexity index is 510. The fraction of sp³-hybridized carbons (Fsp3) is 0.538. The molecule has 0 spiro atoms. The van der Waals surface area contributed by atoms with Crippen LogP contribution in [0.15, 0.2) is 34.1 Å². The summed E-state index contributed by atoms with van der Waals surface area (Å²) in [6.07, 6.45) is 1.85. The van der Waals surface area contributed by atoms with Gasteiger partial charge in [-0.15, -0.1) is 11.8 Å². The lowest BCUT2D eigenvalue weighted by Crippen LogP contribution is -2.36. The molecule has 1 aromatic rings. The minimum absolute atomic E-state index is 0.0177. The average Bonchev–Trinajstić information content (AvgIpc) is 2.41. The first-order chi connectivity index (χ1) is 9.03. The van der Waals surface area contributed by atoms with Crippen molar-refractivity contribution in [3.8, 4) is 0 Å². The Balaban J connectivity index is 2.12. The van der Waals surface area contributed by atoms with Crippen molar-refractivity contribution in [2.24, 2.45) is 5.92 Å². The molecule has 1 aliphatic rings. The number of hydrogen-bond donors (Lipinski definition) is 1. The molecule has 1 N–H and O–H groups in total. The van der Waals surface area contributed by atoms with Crippen molar-refractivity contribution in [2.75, 3.05) is 25.2 Å². The number of aliphatic hydroxyl groups excluding tert-OH is 1. The van der Waals surface area contributed by atoms with Crippen LogP contribution in [0.5, 0.6) is 0 Å². The second kappa shape index (κ2) is 6.26. The molecule has 1 fully saturated rings. The van der Waals surface area contributed by atoms with Gasteiger partial charge in [0.05, 0.1) is 23.4 Å². The standard InChI is InChI=1S/C13H18O4S2/c1-18-11-2-4-12(5-3-11)19(15,16)9-10-6-7-17-8-13(10)14/h2-5,10,13-14H,6-9H2,1H3/t10-,13?/m0/s1. The summed E-state index contributed by atoms with van der Waals surface area (Å²) in [5.41, 5.74) is 0. The van der Waals surface area contributed by atoms with Gasteiger partial charge in [-0.2, -0.15) is 0 Å². The minimum atomic E-state index is -3.34. The largest absolute Gasteiger partial charge is 0.390 e. The first-order valence-electron chi connectivity index (χ1n) is 6.15. The maximum Gasteiger partial charge on any atom is 0.178 e. The Labute approximate surface area is 118 Å². The Morgan fingerprint density at radius 2 is 2.05 bits per heavy atom. The Morgan fingerprint density at radius 1 is 1.37 bits per heavy atom. The van der Waals surface area contributed by atoms with Gasteiger partial charge in [-0.05, 0) is 36.9 Å². The van der Waals surface area contributed by atoms with Gasteiger partial charge in [0.2, 0.25) is 0 Å². The summed E-state index contributed by atoms with van der Waals surface area (Å²) < 4.78 is 29.7. The van der Waals surface area contributed by atoms with Crippen molar-refractivity contribution >= 4 is 21.6 Å². The van der Waals surface area contributed by atoms with Crippen LogP contribution in [0.2, 0.25) is 0 Å². The molecule has 19 heavy (non-hydrogen) atoms. The van der Waals surface area contributed by atoms with Crippen LogP contribution in [-0.4, -0.2) is 44.9 Å². The van der Waals surface area contributed by atoms with Crippen LogP contribution in [0, 0.1) is 5.92 Å². The van der Waals surface area contributed by atoms with Crippen molar-refractivity contribution < 1.29 is 18.3 Å². The van der Waals surface area contributed by atoms with Gasteiger partial charge in [0.15, 0.2) is 9.84 Å². The fourth-order valence-corrected chi connectivity index (χ4v) is 4.23. The number of ether oxygens (including phenoxy) is 1. The summed E-state index contributed by atoms with van der Waals surface area (Å²) >= 11 is 1.57. The predicted molar refractivity (Wildman–Crippen MR) is 75.2 cm³/mol. The molecule has 106 valence electrons. The molecule has 0 saturated carbocycles. The fourth-order valence-electron chi connectivity index (χ4n) is 2.12. The van der Waals surface area contributed by atoms with Crippen LogP contribution in [-0.2, 0) is 14.6 Å². The van der Waals surface area contributed by atoms with E-state index < -0.39 is 15.9 Å². The van der Waals surface area contributed by atoms with E-state index in [0.717, 1.165) is 4.90 Å². The van der Waals surface area contributed by atoms with Crippen molar-refractivity contribution in [3.05, 3.63) is 24.3 Å². The van der Waals surface area contributed by atoms with Gasteiger partial charge in [-0.1, -0.05) is 0 Å². The van der Waals surface area contributed by atoms with Crippen LogP contribution < -0.4 is 0 Å². The third-order valence-electron chi connectivity index (χ3n) is 3.32. The molecule has 4 nitrogen and oxygen atoms in total.